The SMILES string of the molecule is O=C(Nc1c(F)cccc1F)Nc1c2ccccc2nc(=O)n1C[C@H]1CCCO1. The number of halogens is 2. The fourth-order valence-corrected chi connectivity index (χ4v) is 3.34. The molecule has 1 fully saturated rings. The van der Waals surface area contributed by atoms with E-state index in [-0.39, 0.29) is 18.5 Å². The Hall–Kier alpha value is -3.33. The third-order valence-corrected chi connectivity index (χ3v) is 4.72. The van der Waals surface area contributed by atoms with E-state index in [1.807, 2.05) is 0 Å². The molecule has 3 aromatic rings. The zero-order chi connectivity index (χ0) is 20.4. The number of hydrogen-bond donors (Lipinski definition) is 2. The number of amides is 2. The van der Waals surface area contributed by atoms with Gasteiger partial charge >= 0.3 is 11.7 Å². The molecule has 1 aliphatic rings. The topological polar surface area (TPSA) is 85.3 Å². The summed E-state index contributed by atoms with van der Waals surface area (Å²) < 4.78 is 34.6. The van der Waals surface area contributed by atoms with Gasteiger partial charge in [-0.15, -0.1) is 0 Å². The van der Waals surface area contributed by atoms with Gasteiger partial charge in [-0.3, -0.25) is 9.88 Å². The van der Waals surface area contributed by atoms with E-state index in [2.05, 4.69) is 15.6 Å². The number of nitrogens with zero attached hydrogens (tertiary/aromatic N) is 2. The predicted molar refractivity (Wildman–Crippen MR) is 104 cm³/mol. The Kier molecular flexibility index (Phi) is 5.22. The quantitative estimate of drug-likeness (QED) is 0.702. The number of carbonyl (C=O) groups excluding carboxylic acids is 1. The van der Waals surface area contributed by atoms with Gasteiger partial charge in [0.1, 0.15) is 23.1 Å². The van der Waals surface area contributed by atoms with Gasteiger partial charge < -0.3 is 10.1 Å². The number of fused-ring (bicyclic) bond motifs is 1. The van der Waals surface area contributed by atoms with Crippen molar-refractivity contribution in [2.75, 3.05) is 17.2 Å². The minimum Gasteiger partial charge on any atom is -0.376 e. The van der Waals surface area contributed by atoms with Crippen molar-refractivity contribution in [2.45, 2.75) is 25.5 Å². The van der Waals surface area contributed by atoms with Gasteiger partial charge in [-0.05, 0) is 37.1 Å². The number of anilines is 2. The lowest BCUT2D eigenvalue weighted by Gasteiger charge is -2.18. The maximum atomic E-state index is 13.9. The lowest BCUT2D eigenvalue weighted by atomic mass is 10.2. The molecule has 0 unspecified atom stereocenters. The average molecular weight is 400 g/mol. The second kappa shape index (κ2) is 7.96. The van der Waals surface area contributed by atoms with Crippen molar-refractivity contribution in [1.29, 1.82) is 0 Å². The van der Waals surface area contributed by atoms with Crippen LogP contribution < -0.4 is 16.3 Å². The van der Waals surface area contributed by atoms with E-state index >= 15 is 0 Å². The monoisotopic (exact) mass is 400 g/mol. The van der Waals surface area contributed by atoms with E-state index in [0.29, 0.717) is 17.5 Å². The molecule has 1 aliphatic heterocycles. The van der Waals surface area contributed by atoms with E-state index < -0.39 is 29.0 Å². The van der Waals surface area contributed by atoms with Crippen LogP contribution in [0.2, 0.25) is 0 Å². The van der Waals surface area contributed by atoms with Crippen molar-refractivity contribution in [3.05, 3.63) is 64.6 Å². The number of hydrogen-bond acceptors (Lipinski definition) is 4. The number of ether oxygens (including phenoxy) is 1. The lowest BCUT2D eigenvalue weighted by molar-refractivity contribution is 0.0964. The largest absolute Gasteiger partial charge is 0.376 e. The summed E-state index contributed by atoms with van der Waals surface area (Å²) in [5.74, 6) is -1.63. The molecular formula is C20H18F2N4O3. The van der Waals surface area contributed by atoms with Crippen molar-refractivity contribution in [3.8, 4) is 0 Å². The minimum atomic E-state index is -0.906. The van der Waals surface area contributed by atoms with Crippen LogP contribution in [0.1, 0.15) is 12.8 Å². The van der Waals surface area contributed by atoms with E-state index in [4.69, 9.17) is 4.74 Å². The maximum absolute atomic E-state index is 13.9. The van der Waals surface area contributed by atoms with Gasteiger partial charge in [0.05, 0.1) is 18.2 Å². The smallest absolute Gasteiger partial charge is 0.349 e. The van der Waals surface area contributed by atoms with Crippen molar-refractivity contribution in [2.24, 2.45) is 0 Å². The number of aromatic nitrogens is 2. The normalized spacial score (nSPS) is 16.1. The molecule has 1 aromatic heterocycles. The second-order valence-electron chi connectivity index (χ2n) is 6.68. The Morgan fingerprint density at radius 3 is 2.62 bits per heavy atom. The minimum absolute atomic E-state index is 0.178. The number of benzene rings is 2. The summed E-state index contributed by atoms with van der Waals surface area (Å²) in [5, 5.41) is 5.24. The summed E-state index contributed by atoms with van der Waals surface area (Å²) >= 11 is 0. The predicted octanol–water partition coefficient (Wildman–Crippen LogP) is 3.50. The molecule has 1 saturated heterocycles. The van der Waals surface area contributed by atoms with Gasteiger partial charge in [-0.2, -0.15) is 4.98 Å². The van der Waals surface area contributed by atoms with Gasteiger partial charge in [0.25, 0.3) is 0 Å². The molecular weight excluding hydrogens is 382 g/mol. The molecule has 4 rings (SSSR count). The fourth-order valence-electron chi connectivity index (χ4n) is 3.34. The van der Waals surface area contributed by atoms with Crippen LogP contribution in [0, 0.1) is 11.6 Å². The summed E-state index contributed by atoms with van der Waals surface area (Å²) in [6, 6.07) is 9.19. The molecule has 29 heavy (non-hydrogen) atoms. The molecule has 0 aliphatic carbocycles. The summed E-state index contributed by atoms with van der Waals surface area (Å²) in [6.45, 7) is 0.816. The van der Waals surface area contributed by atoms with Crippen LogP contribution in [0.25, 0.3) is 10.9 Å². The molecule has 0 bridgehead atoms. The van der Waals surface area contributed by atoms with Gasteiger partial charge in [-0.25, -0.2) is 18.4 Å². The fraction of sp³-hybridized carbons (Fsp3) is 0.250. The molecule has 7 nitrogen and oxygen atoms in total. The zero-order valence-corrected chi connectivity index (χ0v) is 15.3. The molecule has 0 radical (unpaired) electrons. The second-order valence-corrected chi connectivity index (χ2v) is 6.68. The first-order chi connectivity index (χ1) is 14.0. The van der Waals surface area contributed by atoms with E-state index in [0.717, 1.165) is 25.0 Å². The van der Waals surface area contributed by atoms with Crippen LogP contribution in [0.15, 0.2) is 47.3 Å². The number of carbonyl (C=O) groups is 1. The molecule has 1 atom stereocenters. The number of nitrogens with one attached hydrogen (secondary N) is 2. The molecule has 9 heteroatoms. The molecule has 0 spiro atoms. The van der Waals surface area contributed by atoms with Crippen LogP contribution in [-0.2, 0) is 11.3 Å². The van der Waals surface area contributed by atoms with Crippen molar-refractivity contribution < 1.29 is 18.3 Å². The molecule has 2 N–H and O–H groups in total. The van der Waals surface area contributed by atoms with Crippen LogP contribution in [0.3, 0.4) is 0 Å². The summed E-state index contributed by atoms with van der Waals surface area (Å²) in [6.07, 6.45) is 1.49. The standard InChI is InChI=1S/C20H18F2N4O3/c21-14-7-3-8-15(22)17(14)24-19(27)25-18-13-6-1-2-9-16(13)23-20(28)26(18)11-12-5-4-10-29-12/h1-3,6-9,12H,4-5,10-11H2,(H2,24,25,27)/t12-/m1/s1. The summed E-state index contributed by atoms with van der Waals surface area (Å²) in [7, 11) is 0. The highest BCUT2D eigenvalue weighted by Gasteiger charge is 2.21. The number of para-hydroxylation sites is 2. The Balaban J connectivity index is 1.70. The molecule has 0 saturated carbocycles. The van der Waals surface area contributed by atoms with Crippen molar-refractivity contribution >= 4 is 28.4 Å². The third kappa shape index (κ3) is 3.95. The Morgan fingerprint density at radius 1 is 1.14 bits per heavy atom. The van der Waals surface area contributed by atoms with Gasteiger partial charge in [0.15, 0.2) is 0 Å². The Morgan fingerprint density at radius 2 is 1.90 bits per heavy atom. The molecule has 2 aromatic carbocycles. The van der Waals surface area contributed by atoms with Gasteiger partial charge in [0.2, 0.25) is 0 Å². The van der Waals surface area contributed by atoms with Crippen molar-refractivity contribution in [1.82, 2.24) is 9.55 Å². The first-order valence-electron chi connectivity index (χ1n) is 9.16. The maximum Gasteiger partial charge on any atom is 0.349 e. The molecule has 150 valence electrons. The van der Waals surface area contributed by atoms with Crippen LogP contribution >= 0.6 is 0 Å². The van der Waals surface area contributed by atoms with Gasteiger partial charge in [0, 0.05) is 12.0 Å². The van der Waals surface area contributed by atoms with E-state index in [1.54, 1.807) is 24.3 Å². The Bertz CT molecular complexity index is 1110. The van der Waals surface area contributed by atoms with Crippen LogP contribution in [-0.4, -0.2) is 28.3 Å². The number of urea groups is 1. The Labute approximate surface area is 164 Å². The van der Waals surface area contributed by atoms with E-state index in [1.165, 1.54) is 10.6 Å². The van der Waals surface area contributed by atoms with E-state index in [9.17, 15) is 18.4 Å². The van der Waals surface area contributed by atoms with Crippen LogP contribution in [0.4, 0.5) is 25.1 Å². The summed E-state index contributed by atoms with van der Waals surface area (Å²) in [5.41, 5.74) is -0.726. The molecule has 2 heterocycles. The third-order valence-electron chi connectivity index (χ3n) is 4.72. The summed E-state index contributed by atoms with van der Waals surface area (Å²) in [4.78, 5) is 29.2. The highest BCUT2D eigenvalue weighted by molar-refractivity contribution is 6.04. The lowest BCUT2D eigenvalue weighted by Crippen LogP contribution is -2.33. The highest BCUT2D eigenvalue weighted by atomic mass is 19.1. The highest BCUT2D eigenvalue weighted by Crippen LogP contribution is 2.23. The molecule has 2 amide bonds. The first-order valence-corrected chi connectivity index (χ1v) is 9.16. The van der Waals surface area contributed by atoms with Crippen LogP contribution in [0.5, 0.6) is 0 Å². The van der Waals surface area contributed by atoms with Gasteiger partial charge in [-0.1, -0.05) is 18.2 Å². The first kappa shape index (κ1) is 19.0. The van der Waals surface area contributed by atoms with Crippen molar-refractivity contribution in [3.63, 3.8) is 0 Å². The average Bonchev–Trinajstić information content (AvgIpc) is 3.21. The zero-order valence-electron chi connectivity index (χ0n) is 15.3. The number of rotatable bonds is 4.